The van der Waals surface area contributed by atoms with Crippen LogP contribution in [0.2, 0.25) is 0 Å². The third kappa shape index (κ3) is 3.12. The Morgan fingerprint density at radius 2 is 2.03 bits per heavy atom. The number of allylic oxidation sites excluding steroid dienone is 4. The monoisotopic (exact) mass is 438 g/mol. The number of carbonyl (C=O) groups is 2. The summed E-state index contributed by atoms with van der Waals surface area (Å²) in [5, 5.41) is 22.6. The largest absolute Gasteiger partial charge is 0.790 e. The number of phosphoric acid groups is 1. The van der Waals surface area contributed by atoms with Gasteiger partial charge in [0, 0.05) is 16.7 Å². The average Bonchev–Trinajstić information content (AvgIpc) is 2.91. The molecule has 0 radical (unpaired) electrons. The van der Waals surface area contributed by atoms with Gasteiger partial charge in [0.05, 0.1) is 13.9 Å². The van der Waals surface area contributed by atoms with Crippen LogP contribution in [0.3, 0.4) is 0 Å². The maximum Gasteiger partial charge on any atom is 0.190 e. The van der Waals surface area contributed by atoms with Crippen molar-refractivity contribution in [3.05, 3.63) is 23.8 Å². The van der Waals surface area contributed by atoms with Crippen molar-refractivity contribution in [3.8, 4) is 0 Å². The van der Waals surface area contributed by atoms with E-state index >= 15 is 0 Å². The van der Waals surface area contributed by atoms with Gasteiger partial charge in [0.2, 0.25) is 0 Å². The van der Waals surface area contributed by atoms with Gasteiger partial charge in [0.25, 0.3) is 0 Å². The van der Waals surface area contributed by atoms with E-state index < -0.39 is 42.7 Å². The molecular weight excluding hydrogens is 411 g/mol. The molecule has 0 aliphatic heterocycles. The number of aliphatic hydroxyl groups excluding tert-OH is 1. The summed E-state index contributed by atoms with van der Waals surface area (Å²) in [6.45, 7) is 2.80. The lowest BCUT2D eigenvalue weighted by molar-refractivity contribution is -0.341. The first-order chi connectivity index (χ1) is 13.8. The fraction of sp³-hybridized carbons (Fsp3) is 0.714. The third-order valence-electron chi connectivity index (χ3n) is 8.46. The van der Waals surface area contributed by atoms with Crippen LogP contribution < -0.4 is 9.79 Å². The molecule has 30 heavy (non-hydrogen) atoms. The van der Waals surface area contributed by atoms with Gasteiger partial charge < -0.3 is 29.1 Å². The number of ketones is 2. The molecule has 0 amide bonds. The first-order valence-electron chi connectivity index (χ1n) is 10.4. The molecule has 0 bridgehead atoms. The molecule has 4 unspecified atom stereocenters. The number of aliphatic hydroxyl groups is 2. The fourth-order valence-corrected chi connectivity index (χ4v) is 7.32. The van der Waals surface area contributed by atoms with Crippen molar-refractivity contribution in [1.29, 1.82) is 0 Å². The minimum atomic E-state index is -5.34. The maximum absolute atomic E-state index is 12.8. The summed E-state index contributed by atoms with van der Waals surface area (Å²) in [6.07, 6.45) is 6.56. The zero-order valence-corrected chi connectivity index (χ0v) is 18.0. The zero-order chi connectivity index (χ0) is 22.1. The van der Waals surface area contributed by atoms with Crippen LogP contribution in [0.15, 0.2) is 23.8 Å². The second kappa shape index (κ2) is 6.92. The number of hydrogen-bond acceptors (Lipinski definition) is 8. The molecular formula is C21H27O8P-2. The number of fused-ring (bicyclic) bond motifs is 5. The van der Waals surface area contributed by atoms with E-state index in [9.17, 15) is 34.2 Å². The summed E-state index contributed by atoms with van der Waals surface area (Å²) in [5.74, 6) is -1.05. The summed E-state index contributed by atoms with van der Waals surface area (Å²) in [5.41, 5.74) is -2.27. The van der Waals surface area contributed by atoms with Crippen LogP contribution in [-0.4, -0.2) is 40.1 Å². The molecule has 3 fully saturated rings. The molecule has 2 N–H and O–H groups in total. The van der Waals surface area contributed by atoms with Crippen molar-refractivity contribution in [2.24, 2.45) is 28.6 Å². The molecule has 0 aromatic carbocycles. The number of carbonyl (C=O) groups excluding carboxylic acids is 2. The van der Waals surface area contributed by atoms with Gasteiger partial charge >= 0.3 is 0 Å². The molecule has 3 saturated carbocycles. The van der Waals surface area contributed by atoms with Gasteiger partial charge in [-0.2, -0.15) is 0 Å². The molecule has 0 aromatic heterocycles. The van der Waals surface area contributed by atoms with E-state index in [1.165, 1.54) is 0 Å². The maximum atomic E-state index is 12.8. The SMILES string of the molecule is C[C@]12C=CC(=O)C=C1CCC1C2C(O)C[C@@]2(C)C1CC[C@]2(O)C(=O)COP(=O)([O-])[O-]. The second-order valence-electron chi connectivity index (χ2n) is 9.75. The van der Waals surface area contributed by atoms with Crippen LogP contribution in [-0.2, 0) is 18.7 Å². The lowest BCUT2D eigenvalue weighted by atomic mass is 9.46. The standard InChI is InChI=1S/C21H29O8P/c1-19-7-5-13(22)9-12(19)3-4-14-15-6-8-21(25,17(24)11-29-30(26,27)28)20(15,2)10-16(23)18(14)19/h5,7,9,14-16,18,23,25H,3-4,6,8,10-11H2,1-2H3,(H2,26,27,28)/p-2/t14?,15?,16?,18?,19-,20-,21-/m0/s1. The Kier molecular flexibility index (Phi) is 5.09. The number of hydrogen-bond donors (Lipinski definition) is 2. The van der Waals surface area contributed by atoms with Crippen molar-refractivity contribution in [1.82, 2.24) is 0 Å². The van der Waals surface area contributed by atoms with Gasteiger partial charge in [-0.15, -0.1) is 0 Å². The summed E-state index contributed by atoms with van der Waals surface area (Å²) >= 11 is 0. The van der Waals surface area contributed by atoms with Gasteiger partial charge in [-0.05, 0) is 56.1 Å². The second-order valence-corrected chi connectivity index (χ2v) is 10.9. The summed E-state index contributed by atoms with van der Waals surface area (Å²) in [7, 11) is -5.34. The van der Waals surface area contributed by atoms with Crippen LogP contribution in [0.5, 0.6) is 0 Å². The molecule has 9 heteroatoms. The molecule has 8 nitrogen and oxygen atoms in total. The lowest BCUT2D eigenvalue weighted by Gasteiger charge is -2.59. The van der Waals surface area contributed by atoms with E-state index in [4.69, 9.17) is 0 Å². The minimum Gasteiger partial charge on any atom is -0.790 e. The molecule has 0 heterocycles. The predicted molar refractivity (Wildman–Crippen MR) is 102 cm³/mol. The van der Waals surface area contributed by atoms with E-state index in [-0.39, 0.29) is 36.4 Å². The molecule has 0 saturated heterocycles. The summed E-state index contributed by atoms with van der Waals surface area (Å²) in [4.78, 5) is 46.2. The van der Waals surface area contributed by atoms with Crippen LogP contribution in [0.4, 0.5) is 0 Å². The highest BCUT2D eigenvalue weighted by Crippen LogP contribution is 2.67. The Labute approximate surface area is 175 Å². The highest BCUT2D eigenvalue weighted by Gasteiger charge is 2.68. The van der Waals surface area contributed by atoms with Crippen molar-refractivity contribution in [3.63, 3.8) is 0 Å². The topological polar surface area (TPSA) is 147 Å². The molecule has 4 aliphatic carbocycles. The smallest absolute Gasteiger partial charge is 0.190 e. The van der Waals surface area contributed by atoms with Crippen LogP contribution in [0.1, 0.15) is 46.0 Å². The van der Waals surface area contributed by atoms with Crippen molar-refractivity contribution in [2.45, 2.75) is 57.7 Å². The van der Waals surface area contributed by atoms with Gasteiger partial charge in [-0.1, -0.05) is 25.5 Å². The Bertz CT molecular complexity index is 889. The van der Waals surface area contributed by atoms with Crippen LogP contribution in [0, 0.1) is 28.6 Å². The minimum absolute atomic E-state index is 0.0339. The number of rotatable bonds is 4. The Morgan fingerprint density at radius 1 is 1.33 bits per heavy atom. The van der Waals surface area contributed by atoms with Gasteiger partial charge in [-0.3, -0.25) is 9.59 Å². The first-order valence-corrected chi connectivity index (χ1v) is 11.8. The highest BCUT2D eigenvalue weighted by atomic mass is 31.2. The molecule has 0 aromatic rings. The lowest BCUT2D eigenvalue weighted by Crippen LogP contribution is -2.61. The zero-order valence-electron chi connectivity index (χ0n) is 17.1. The van der Waals surface area contributed by atoms with E-state index in [2.05, 4.69) is 4.52 Å². The Balaban J connectivity index is 1.65. The third-order valence-corrected chi connectivity index (χ3v) is 8.91. The van der Waals surface area contributed by atoms with E-state index in [0.717, 1.165) is 12.0 Å². The van der Waals surface area contributed by atoms with Gasteiger partial charge in [0.15, 0.2) is 11.6 Å². The molecule has 4 rings (SSSR count). The van der Waals surface area contributed by atoms with E-state index in [1.54, 1.807) is 19.1 Å². The van der Waals surface area contributed by atoms with Gasteiger partial charge in [0.1, 0.15) is 12.2 Å². The average molecular weight is 438 g/mol. The highest BCUT2D eigenvalue weighted by molar-refractivity contribution is 7.43. The van der Waals surface area contributed by atoms with E-state index in [0.29, 0.717) is 12.8 Å². The van der Waals surface area contributed by atoms with Crippen LogP contribution >= 0.6 is 7.82 Å². The van der Waals surface area contributed by atoms with E-state index in [1.807, 2.05) is 13.0 Å². The Morgan fingerprint density at radius 3 is 2.70 bits per heavy atom. The molecule has 0 spiro atoms. The first kappa shape index (κ1) is 22.1. The quantitative estimate of drug-likeness (QED) is 0.600. The number of Topliss-reactive ketones (excluding diaryl/α,β-unsaturated/α-hetero) is 1. The molecule has 166 valence electrons. The predicted octanol–water partition coefficient (Wildman–Crippen LogP) is 0.411. The Hall–Kier alpha value is -1.15. The molecule has 4 aliphatic rings. The van der Waals surface area contributed by atoms with Crippen molar-refractivity contribution >= 4 is 19.4 Å². The summed E-state index contributed by atoms with van der Waals surface area (Å²) < 4.78 is 14.9. The fourth-order valence-electron chi connectivity index (χ4n) is 7.05. The van der Waals surface area contributed by atoms with Crippen molar-refractivity contribution < 1.29 is 38.7 Å². The number of phosphoric ester groups is 1. The normalized spacial score (nSPS) is 45.4. The van der Waals surface area contributed by atoms with Crippen molar-refractivity contribution in [2.75, 3.05) is 6.61 Å². The van der Waals surface area contributed by atoms with Gasteiger partial charge in [-0.25, -0.2) is 0 Å². The molecule has 7 atom stereocenters. The van der Waals surface area contributed by atoms with Crippen LogP contribution in [0.25, 0.3) is 0 Å². The summed E-state index contributed by atoms with van der Waals surface area (Å²) in [6, 6.07) is 0.